The molecule has 0 unspecified atom stereocenters. The summed E-state index contributed by atoms with van der Waals surface area (Å²) in [7, 11) is 0. The molecule has 0 aromatic carbocycles. The lowest BCUT2D eigenvalue weighted by atomic mass is 9.90. The Morgan fingerprint density at radius 3 is 2.64 bits per heavy atom. The van der Waals surface area contributed by atoms with E-state index in [1.165, 1.54) is 0 Å². The van der Waals surface area contributed by atoms with Gasteiger partial charge >= 0.3 is 0 Å². The lowest BCUT2D eigenvalue weighted by Gasteiger charge is -2.25. The number of rotatable bonds is 0. The minimum absolute atomic E-state index is 0.0144. The van der Waals surface area contributed by atoms with Crippen LogP contribution in [-0.2, 0) is 4.79 Å². The maximum absolute atomic E-state index is 10.9. The van der Waals surface area contributed by atoms with Crippen LogP contribution in [0.4, 0.5) is 0 Å². The van der Waals surface area contributed by atoms with Crippen LogP contribution in [0.1, 0.15) is 6.92 Å². The van der Waals surface area contributed by atoms with Crippen molar-refractivity contribution in [3.63, 3.8) is 0 Å². The van der Waals surface area contributed by atoms with Crippen molar-refractivity contribution in [1.29, 1.82) is 0 Å². The van der Waals surface area contributed by atoms with E-state index < -0.39 is 18.1 Å². The predicted octanol–water partition coefficient (Wildman–Crippen LogP) is 0.0497. The molecule has 3 atom stereocenters. The van der Waals surface area contributed by atoms with Crippen molar-refractivity contribution in [3.05, 3.63) is 11.1 Å². The lowest BCUT2D eigenvalue weighted by Crippen LogP contribution is -2.39. The summed E-state index contributed by atoms with van der Waals surface area (Å²) in [5, 5.41) is 18.3. The predicted molar refractivity (Wildman–Crippen MR) is 40.1 cm³/mol. The van der Waals surface area contributed by atoms with E-state index in [9.17, 15) is 9.90 Å². The molecular formula is C7H9ClO3. The summed E-state index contributed by atoms with van der Waals surface area (Å²) in [5.41, 5.74) is 0. The van der Waals surface area contributed by atoms with Crippen LogP contribution in [0.15, 0.2) is 11.1 Å². The number of allylic oxidation sites excluding steroid dienone is 1. The topological polar surface area (TPSA) is 57.5 Å². The minimum atomic E-state index is -1.11. The summed E-state index contributed by atoms with van der Waals surface area (Å²) < 4.78 is 0. The van der Waals surface area contributed by atoms with Gasteiger partial charge in [0.15, 0.2) is 5.78 Å². The molecule has 0 aromatic rings. The third-order valence-corrected chi connectivity index (χ3v) is 2.18. The van der Waals surface area contributed by atoms with E-state index in [0.29, 0.717) is 0 Å². The molecule has 0 amide bonds. The van der Waals surface area contributed by atoms with E-state index >= 15 is 0 Å². The molecule has 1 aliphatic carbocycles. The zero-order valence-electron chi connectivity index (χ0n) is 5.99. The fraction of sp³-hybridized carbons (Fsp3) is 0.571. The molecule has 0 saturated carbocycles. The van der Waals surface area contributed by atoms with Crippen LogP contribution in [0.2, 0.25) is 0 Å². The van der Waals surface area contributed by atoms with Crippen molar-refractivity contribution >= 4 is 17.4 Å². The largest absolute Gasteiger partial charge is 0.389 e. The molecule has 0 aromatic heterocycles. The molecule has 0 bridgehead atoms. The van der Waals surface area contributed by atoms with Crippen LogP contribution in [0.3, 0.4) is 0 Å². The fourth-order valence-electron chi connectivity index (χ4n) is 0.958. The highest BCUT2D eigenvalue weighted by Crippen LogP contribution is 2.23. The number of aliphatic hydroxyl groups is 2. The smallest absolute Gasteiger partial charge is 0.162 e. The summed E-state index contributed by atoms with van der Waals surface area (Å²) in [4.78, 5) is 10.9. The number of ketones is 1. The zero-order chi connectivity index (χ0) is 8.59. The van der Waals surface area contributed by atoms with Gasteiger partial charge in [-0.15, -0.1) is 0 Å². The molecule has 62 valence electrons. The lowest BCUT2D eigenvalue weighted by molar-refractivity contribution is -0.124. The van der Waals surface area contributed by atoms with Crippen LogP contribution >= 0.6 is 11.6 Å². The van der Waals surface area contributed by atoms with Crippen molar-refractivity contribution in [2.45, 2.75) is 19.1 Å². The molecule has 0 fully saturated rings. The van der Waals surface area contributed by atoms with Gasteiger partial charge in [0.25, 0.3) is 0 Å². The molecule has 11 heavy (non-hydrogen) atoms. The Bertz CT molecular complexity index is 212. The molecule has 1 rings (SSSR count). The Hall–Kier alpha value is -0.380. The van der Waals surface area contributed by atoms with Crippen molar-refractivity contribution < 1.29 is 15.0 Å². The first-order valence-corrected chi connectivity index (χ1v) is 3.69. The van der Waals surface area contributed by atoms with Gasteiger partial charge in [-0.2, -0.15) is 0 Å². The van der Waals surface area contributed by atoms with E-state index in [-0.39, 0.29) is 10.8 Å². The molecule has 0 aliphatic heterocycles. The number of hydrogen-bond acceptors (Lipinski definition) is 3. The van der Waals surface area contributed by atoms with Crippen LogP contribution in [0.5, 0.6) is 0 Å². The highest BCUT2D eigenvalue weighted by Gasteiger charge is 2.33. The van der Waals surface area contributed by atoms with Gasteiger partial charge in [-0.05, 0) is 6.08 Å². The second-order valence-corrected chi connectivity index (χ2v) is 3.09. The maximum Gasteiger partial charge on any atom is 0.162 e. The van der Waals surface area contributed by atoms with Crippen LogP contribution in [-0.4, -0.2) is 28.2 Å². The number of halogens is 1. The van der Waals surface area contributed by atoms with E-state index in [1.54, 1.807) is 6.92 Å². The Morgan fingerprint density at radius 1 is 1.55 bits per heavy atom. The highest BCUT2D eigenvalue weighted by atomic mass is 35.5. The Labute approximate surface area is 69.3 Å². The van der Waals surface area contributed by atoms with E-state index in [2.05, 4.69) is 0 Å². The van der Waals surface area contributed by atoms with Crippen LogP contribution in [0.25, 0.3) is 0 Å². The Morgan fingerprint density at radius 2 is 2.09 bits per heavy atom. The SMILES string of the molecule is C[C@H]1C(=O)C=C(Cl)[C@@H](O)[C@H]1O. The number of carbonyl (C=O) groups excluding carboxylic acids is 1. The minimum Gasteiger partial charge on any atom is -0.389 e. The average molecular weight is 177 g/mol. The second kappa shape index (κ2) is 2.93. The molecule has 1 aliphatic rings. The molecule has 0 heterocycles. The quantitative estimate of drug-likeness (QED) is 0.549. The van der Waals surface area contributed by atoms with Gasteiger partial charge < -0.3 is 10.2 Å². The first-order chi connectivity index (χ1) is 5.04. The zero-order valence-corrected chi connectivity index (χ0v) is 6.75. The Kier molecular flexibility index (Phi) is 2.32. The average Bonchev–Trinajstić information content (AvgIpc) is 1.97. The molecule has 2 N–H and O–H groups in total. The first-order valence-electron chi connectivity index (χ1n) is 3.31. The van der Waals surface area contributed by atoms with Crippen LogP contribution < -0.4 is 0 Å². The van der Waals surface area contributed by atoms with Crippen molar-refractivity contribution in [1.82, 2.24) is 0 Å². The van der Waals surface area contributed by atoms with Gasteiger partial charge in [0.1, 0.15) is 6.10 Å². The summed E-state index contributed by atoms with van der Waals surface area (Å²) in [6.45, 7) is 1.55. The normalized spacial score (nSPS) is 38.7. The van der Waals surface area contributed by atoms with Crippen LogP contribution in [0, 0.1) is 5.92 Å². The molecular weight excluding hydrogens is 168 g/mol. The number of aliphatic hydroxyl groups excluding tert-OH is 2. The summed E-state index contributed by atoms with van der Waals surface area (Å²) in [6.07, 6.45) is -1.02. The van der Waals surface area contributed by atoms with Gasteiger partial charge in [0.2, 0.25) is 0 Å². The van der Waals surface area contributed by atoms with Gasteiger partial charge in [-0.3, -0.25) is 4.79 Å². The van der Waals surface area contributed by atoms with E-state index in [4.69, 9.17) is 16.7 Å². The summed E-state index contributed by atoms with van der Waals surface area (Å²) in [5.74, 6) is -0.805. The third-order valence-electron chi connectivity index (χ3n) is 1.85. The third kappa shape index (κ3) is 1.45. The highest BCUT2D eigenvalue weighted by molar-refractivity contribution is 6.32. The van der Waals surface area contributed by atoms with Crippen molar-refractivity contribution in [3.8, 4) is 0 Å². The van der Waals surface area contributed by atoms with Crippen molar-refractivity contribution in [2.75, 3.05) is 0 Å². The number of hydrogen-bond donors (Lipinski definition) is 2. The summed E-state index contributed by atoms with van der Waals surface area (Å²) >= 11 is 5.45. The van der Waals surface area contributed by atoms with Crippen molar-refractivity contribution in [2.24, 2.45) is 5.92 Å². The maximum atomic E-state index is 10.9. The first kappa shape index (κ1) is 8.71. The molecule has 4 heteroatoms. The summed E-state index contributed by atoms with van der Waals surface area (Å²) in [6, 6.07) is 0. The Balaban J connectivity index is 2.92. The molecule has 0 radical (unpaired) electrons. The fourth-order valence-corrected chi connectivity index (χ4v) is 1.19. The van der Waals surface area contributed by atoms with Gasteiger partial charge in [-0.1, -0.05) is 18.5 Å². The standard InChI is InChI=1S/C7H9ClO3/c1-3-5(9)2-4(8)7(11)6(3)10/h2-3,6-7,10-11H,1H3/t3-,6-,7+/m0/s1. The van der Waals surface area contributed by atoms with E-state index in [0.717, 1.165) is 6.08 Å². The number of carbonyl (C=O) groups is 1. The second-order valence-electron chi connectivity index (χ2n) is 2.66. The van der Waals surface area contributed by atoms with Gasteiger partial charge in [-0.25, -0.2) is 0 Å². The molecule has 0 saturated heterocycles. The molecule has 0 spiro atoms. The monoisotopic (exact) mass is 176 g/mol. The molecule has 3 nitrogen and oxygen atoms in total. The van der Waals surface area contributed by atoms with E-state index in [1.807, 2.05) is 0 Å². The van der Waals surface area contributed by atoms with Gasteiger partial charge in [0, 0.05) is 5.92 Å². The van der Waals surface area contributed by atoms with Gasteiger partial charge in [0.05, 0.1) is 11.1 Å².